The molecule has 4 rings (SSSR count). The Kier molecular flexibility index (Phi) is 5.57. The number of carbonyl (C=O) groups is 2. The van der Waals surface area contributed by atoms with Crippen LogP contribution in [0.2, 0.25) is 5.02 Å². The van der Waals surface area contributed by atoms with E-state index in [0.29, 0.717) is 48.2 Å². The molecule has 0 aliphatic carbocycles. The lowest BCUT2D eigenvalue weighted by Gasteiger charge is -2.30. The molecule has 2 amide bonds. The Labute approximate surface area is 173 Å². The van der Waals surface area contributed by atoms with Crippen molar-refractivity contribution in [2.75, 3.05) is 18.4 Å². The van der Waals surface area contributed by atoms with E-state index in [1.54, 1.807) is 41.4 Å². The van der Waals surface area contributed by atoms with Crippen LogP contribution in [-0.4, -0.2) is 45.0 Å². The third-order valence-corrected chi connectivity index (χ3v) is 5.23. The summed E-state index contributed by atoms with van der Waals surface area (Å²) in [6, 6.07) is 14.4. The van der Waals surface area contributed by atoms with Crippen LogP contribution in [-0.2, 0) is 4.79 Å². The van der Waals surface area contributed by atoms with Gasteiger partial charge in [0, 0.05) is 35.8 Å². The molecule has 0 bridgehead atoms. The second-order valence-corrected chi connectivity index (χ2v) is 7.38. The van der Waals surface area contributed by atoms with Crippen LogP contribution < -0.4 is 5.32 Å². The second-order valence-electron chi connectivity index (χ2n) is 6.95. The Bertz CT molecular complexity index is 1010. The van der Waals surface area contributed by atoms with Crippen LogP contribution in [0.25, 0.3) is 11.3 Å². The molecule has 7 nitrogen and oxygen atoms in total. The highest BCUT2D eigenvalue weighted by Crippen LogP contribution is 2.24. The number of carbonyl (C=O) groups excluding carboxylic acids is 2. The largest absolute Gasteiger partial charge is 0.337 e. The minimum atomic E-state index is -0.134. The third kappa shape index (κ3) is 4.46. The number of nitrogens with zero attached hydrogens (tertiary/aromatic N) is 3. The highest BCUT2D eigenvalue weighted by Gasteiger charge is 2.28. The molecule has 29 heavy (non-hydrogen) atoms. The summed E-state index contributed by atoms with van der Waals surface area (Å²) in [5, 5.41) is 10.5. The van der Waals surface area contributed by atoms with Gasteiger partial charge < -0.3 is 10.2 Å². The lowest BCUT2D eigenvalue weighted by atomic mass is 9.95. The molecule has 0 radical (unpaired) electrons. The molecule has 0 spiro atoms. The topological polar surface area (TPSA) is 91.0 Å². The first-order valence-corrected chi connectivity index (χ1v) is 9.80. The molecule has 0 atom stereocenters. The number of anilines is 1. The Hall–Kier alpha value is -3.19. The van der Waals surface area contributed by atoms with Crippen molar-refractivity contribution >= 4 is 29.2 Å². The number of amides is 2. The molecule has 1 aromatic carbocycles. The minimum Gasteiger partial charge on any atom is -0.337 e. The van der Waals surface area contributed by atoms with Crippen molar-refractivity contribution in [1.29, 1.82) is 0 Å². The van der Waals surface area contributed by atoms with Gasteiger partial charge in [-0.1, -0.05) is 29.8 Å². The zero-order valence-corrected chi connectivity index (χ0v) is 16.4. The van der Waals surface area contributed by atoms with E-state index in [-0.39, 0.29) is 17.7 Å². The number of likely N-dealkylation sites (tertiary alicyclic amines) is 1. The van der Waals surface area contributed by atoms with Gasteiger partial charge >= 0.3 is 0 Å². The summed E-state index contributed by atoms with van der Waals surface area (Å²) in [6.45, 7) is 1.04. The predicted octanol–water partition coefficient (Wildman–Crippen LogP) is 3.62. The normalized spacial score (nSPS) is 14.6. The van der Waals surface area contributed by atoms with Gasteiger partial charge in [0.1, 0.15) is 11.5 Å². The van der Waals surface area contributed by atoms with Gasteiger partial charge in [-0.25, -0.2) is 4.98 Å². The van der Waals surface area contributed by atoms with Crippen molar-refractivity contribution in [2.45, 2.75) is 12.8 Å². The number of piperidine rings is 1. The highest BCUT2D eigenvalue weighted by molar-refractivity contribution is 6.30. The summed E-state index contributed by atoms with van der Waals surface area (Å²) < 4.78 is 0. The van der Waals surface area contributed by atoms with E-state index in [2.05, 4.69) is 20.5 Å². The summed E-state index contributed by atoms with van der Waals surface area (Å²) in [6.07, 6.45) is 2.86. The number of halogens is 1. The summed E-state index contributed by atoms with van der Waals surface area (Å²) >= 11 is 6.03. The molecular weight excluding hydrogens is 390 g/mol. The number of H-pyrrole nitrogens is 1. The number of aromatic amines is 1. The number of benzene rings is 1. The zero-order valence-electron chi connectivity index (χ0n) is 15.6. The summed E-state index contributed by atoms with van der Waals surface area (Å²) in [5.74, 6) is 0.238. The Morgan fingerprint density at radius 3 is 2.66 bits per heavy atom. The molecule has 0 unspecified atom stereocenters. The van der Waals surface area contributed by atoms with E-state index in [1.807, 2.05) is 18.2 Å². The molecule has 148 valence electrons. The quantitative estimate of drug-likeness (QED) is 0.688. The molecule has 2 aromatic heterocycles. The number of hydrogen-bond acceptors (Lipinski definition) is 4. The molecule has 1 saturated heterocycles. The first-order valence-electron chi connectivity index (χ1n) is 9.42. The fraction of sp³-hybridized carbons (Fsp3) is 0.238. The molecule has 3 heterocycles. The summed E-state index contributed by atoms with van der Waals surface area (Å²) in [5.41, 5.74) is 1.94. The van der Waals surface area contributed by atoms with Crippen molar-refractivity contribution in [3.05, 3.63) is 65.4 Å². The van der Waals surface area contributed by atoms with Crippen LogP contribution in [0.3, 0.4) is 0 Å². The first kappa shape index (κ1) is 19.1. The molecule has 0 saturated carbocycles. The third-order valence-electron chi connectivity index (χ3n) is 5.00. The zero-order chi connectivity index (χ0) is 20.2. The highest BCUT2D eigenvalue weighted by atomic mass is 35.5. The Balaban J connectivity index is 1.35. The number of rotatable bonds is 4. The number of pyridine rings is 1. The van der Waals surface area contributed by atoms with Crippen molar-refractivity contribution in [3.8, 4) is 11.3 Å². The first-order chi connectivity index (χ1) is 14.1. The van der Waals surface area contributed by atoms with Gasteiger partial charge in [-0.15, -0.1) is 0 Å². The van der Waals surface area contributed by atoms with Crippen molar-refractivity contribution in [1.82, 2.24) is 20.1 Å². The molecular formula is C21H20ClN5O2. The van der Waals surface area contributed by atoms with E-state index in [4.69, 9.17) is 11.6 Å². The van der Waals surface area contributed by atoms with E-state index in [9.17, 15) is 9.59 Å². The fourth-order valence-corrected chi connectivity index (χ4v) is 3.60. The van der Waals surface area contributed by atoms with Gasteiger partial charge in [0.25, 0.3) is 5.91 Å². The second kappa shape index (κ2) is 8.45. The lowest BCUT2D eigenvalue weighted by molar-refractivity contribution is -0.121. The summed E-state index contributed by atoms with van der Waals surface area (Å²) in [7, 11) is 0. The molecule has 1 aliphatic rings. The monoisotopic (exact) mass is 409 g/mol. The van der Waals surface area contributed by atoms with Gasteiger partial charge in [-0.3, -0.25) is 14.7 Å². The van der Waals surface area contributed by atoms with Crippen LogP contribution in [0.4, 0.5) is 5.82 Å². The maximum Gasteiger partial charge on any atom is 0.271 e. The minimum absolute atomic E-state index is 0.0550. The van der Waals surface area contributed by atoms with Crippen molar-refractivity contribution in [3.63, 3.8) is 0 Å². The van der Waals surface area contributed by atoms with Gasteiger partial charge in [0.05, 0.1) is 5.69 Å². The van der Waals surface area contributed by atoms with Gasteiger partial charge in [-0.2, -0.15) is 5.10 Å². The van der Waals surface area contributed by atoms with E-state index >= 15 is 0 Å². The maximum atomic E-state index is 12.8. The van der Waals surface area contributed by atoms with Gasteiger partial charge in [-0.05, 0) is 43.2 Å². The van der Waals surface area contributed by atoms with Crippen LogP contribution in [0, 0.1) is 5.92 Å². The van der Waals surface area contributed by atoms with Crippen LogP contribution in [0.5, 0.6) is 0 Å². The average molecular weight is 410 g/mol. The Morgan fingerprint density at radius 2 is 1.93 bits per heavy atom. The maximum absolute atomic E-state index is 12.8. The molecule has 1 fully saturated rings. The number of hydrogen-bond donors (Lipinski definition) is 2. The lowest BCUT2D eigenvalue weighted by Crippen LogP contribution is -2.41. The van der Waals surface area contributed by atoms with Crippen molar-refractivity contribution in [2.24, 2.45) is 5.92 Å². The van der Waals surface area contributed by atoms with E-state index in [0.717, 1.165) is 5.56 Å². The van der Waals surface area contributed by atoms with Crippen LogP contribution >= 0.6 is 11.6 Å². The van der Waals surface area contributed by atoms with E-state index in [1.165, 1.54) is 0 Å². The van der Waals surface area contributed by atoms with Gasteiger partial charge in [0.15, 0.2) is 0 Å². The molecule has 3 aromatic rings. The van der Waals surface area contributed by atoms with Crippen LogP contribution in [0.1, 0.15) is 23.3 Å². The molecule has 2 N–H and O–H groups in total. The summed E-state index contributed by atoms with van der Waals surface area (Å²) in [4.78, 5) is 31.1. The SMILES string of the molecule is O=C(Nc1ccccn1)C1CCN(C(=O)c2cc(-c3cccc(Cl)c3)n[nH]2)CC1. The smallest absolute Gasteiger partial charge is 0.271 e. The fourth-order valence-electron chi connectivity index (χ4n) is 3.41. The number of nitrogens with one attached hydrogen (secondary N) is 2. The van der Waals surface area contributed by atoms with Crippen LogP contribution in [0.15, 0.2) is 54.7 Å². The average Bonchev–Trinajstić information content (AvgIpc) is 3.24. The van der Waals surface area contributed by atoms with Crippen molar-refractivity contribution < 1.29 is 9.59 Å². The van der Waals surface area contributed by atoms with Gasteiger partial charge in [0.2, 0.25) is 5.91 Å². The standard InChI is InChI=1S/C21H20ClN5O2/c22-16-5-3-4-15(12-16)17-13-18(26-25-17)21(29)27-10-7-14(8-11-27)20(28)24-19-6-1-2-9-23-19/h1-6,9,12-14H,7-8,10-11H2,(H,25,26)(H,23,24,28). The number of aromatic nitrogens is 3. The molecule has 8 heteroatoms. The van der Waals surface area contributed by atoms with E-state index < -0.39 is 0 Å². The molecule has 1 aliphatic heterocycles. The Morgan fingerprint density at radius 1 is 1.10 bits per heavy atom. The predicted molar refractivity (Wildman–Crippen MR) is 111 cm³/mol.